The lowest BCUT2D eigenvalue weighted by atomic mass is 10.2. The quantitative estimate of drug-likeness (QED) is 0.589. The number of carbonyl (C=O) groups is 2. The maximum atomic E-state index is 11.8. The van der Waals surface area contributed by atoms with Crippen molar-refractivity contribution in [1.29, 1.82) is 0 Å². The van der Waals surface area contributed by atoms with Crippen molar-refractivity contribution in [2.75, 3.05) is 5.32 Å². The minimum atomic E-state index is -1.18. The van der Waals surface area contributed by atoms with Gasteiger partial charge in [-0.3, -0.25) is 14.6 Å². The third-order valence-electron chi connectivity index (χ3n) is 2.31. The van der Waals surface area contributed by atoms with Gasteiger partial charge in [0.05, 0.1) is 5.56 Å². The van der Waals surface area contributed by atoms with E-state index in [0.717, 1.165) is 12.3 Å². The van der Waals surface area contributed by atoms with Crippen molar-refractivity contribution >= 4 is 17.7 Å². The molecule has 0 bridgehead atoms. The molecule has 9 nitrogen and oxygen atoms in total. The Morgan fingerprint density at radius 1 is 1.30 bits per heavy atom. The lowest BCUT2D eigenvalue weighted by molar-refractivity contribution is 0.0696. The average molecular weight is 276 g/mol. The van der Waals surface area contributed by atoms with Gasteiger partial charge in [0, 0.05) is 12.4 Å². The first-order valence-electron chi connectivity index (χ1n) is 5.30. The van der Waals surface area contributed by atoms with E-state index in [4.69, 9.17) is 5.11 Å². The van der Waals surface area contributed by atoms with Crippen LogP contribution in [0.3, 0.4) is 0 Å². The summed E-state index contributed by atoms with van der Waals surface area (Å²) in [6, 6.07) is 2.39. The van der Waals surface area contributed by atoms with Gasteiger partial charge in [0.25, 0.3) is 11.5 Å². The van der Waals surface area contributed by atoms with Crippen molar-refractivity contribution in [2.24, 2.45) is 0 Å². The summed E-state index contributed by atoms with van der Waals surface area (Å²) in [6.07, 6.45) is 2.16. The molecule has 0 aromatic carbocycles. The molecule has 2 heterocycles. The number of nitrogens with zero attached hydrogens (tertiary/aromatic N) is 1. The number of hydrogen-bond donors (Lipinski definition) is 4. The molecule has 0 atom stereocenters. The molecular formula is C11H8N4O5. The van der Waals surface area contributed by atoms with Gasteiger partial charge in [-0.1, -0.05) is 0 Å². The summed E-state index contributed by atoms with van der Waals surface area (Å²) in [5.41, 5.74) is -1.99. The second-order valence-electron chi connectivity index (χ2n) is 3.67. The van der Waals surface area contributed by atoms with Crippen molar-refractivity contribution in [2.45, 2.75) is 0 Å². The number of pyridine rings is 1. The Bertz CT molecular complexity index is 792. The number of aromatic nitrogens is 3. The molecule has 0 aliphatic heterocycles. The van der Waals surface area contributed by atoms with Crippen molar-refractivity contribution in [3.8, 4) is 0 Å². The van der Waals surface area contributed by atoms with E-state index in [1.54, 1.807) is 0 Å². The standard InChI is InChI=1S/C11H8N4O5/c16-8(6-4-13-11(20)15-9(6)17)14-7-3-5(10(18)19)1-2-12-7/h1-4H,(H,18,19)(H,12,14,16)(H2,13,15,17,20). The van der Waals surface area contributed by atoms with Crippen LogP contribution in [0.15, 0.2) is 34.1 Å². The number of aromatic amines is 2. The summed E-state index contributed by atoms with van der Waals surface area (Å²) in [7, 11) is 0. The first-order chi connectivity index (χ1) is 9.47. The molecule has 0 saturated carbocycles. The van der Waals surface area contributed by atoms with Crippen LogP contribution in [0.4, 0.5) is 5.82 Å². The number of carboxylic acids is 1. The fourth-order valence-electron chi connectivity index (χ4n) is 1.39. The minimum absolute atomic E-state index is 0.0273. The minimum Gasteiger partial charge on any atom is -0.478 e. The van der Waals surface area contributed by atoms with E-state index in [9.17, 15) is 19.2 Å². The third kappa shape index (κ3) is 2.77. The molecule has 20 heavy (non-hydrogen) atoms. The lowest BCUT2D eigenvalue weighted by Crippen LogP contribution is -2.29. The molecule has 0 aliphatic carbocycles. The molecule has 0 spiro atoms. The number of nitrogens with one attached hydrogen (secondary N) is 3. The highest BCUT2D eigenvalue weighted by molar-refractivity contribution is 6.03. The van der Waals surface area contributed by atoms with Gasteiger partial charge < -0.3 is 15.4 Å². The Morgan fingerprint density at radius 3 is 2.70 bits per heavy atom. The molecule has 0 aliphatic rings. The van der Waals surface area contributed by atoms with Crippen molar-refractivity contribution in [3.05, 3.63) is 56.5 Å². The zero-order chi connectivity index (χ0) is 14.7. The van der Waals surface area contributed by atoms with Crippen molar-refractivity contribution < 1.29 is 14.7 Å². The Labute approximate surface area is 110 Å². The predicted molar refractivity (Wildman–Crippen MR) is 66.8 cm³/mol. The Balaban J connectivity index is 2.28. The smallest absolute Gasteiger partial charge is 0.335 e. The first-order valence-corrected chi connectivity index (χ1v) is 5.30. The molecule has 0 saturated heterocycles. The normalized spacial score (nSPS) is 10.0. The molecule has 2 aromatic heterocycles. The topological polar surface area (TPSA) is 145 Å². The van der Waals surface area contributed by atoms with Gasteiger partial charge in [0.15, 0.2) is 0 Å². The average Bonchev–Trinajstić information content (AvgIpc) is 2.38. The van der Waals surface area contributed by atoms with Gasteiger partial charge in [0.1, 0.15) is 11.4 Å². The van der Waals surface area contributed by atoms with Gasteiger partial charge >= 0.3 is 11.7 Å². The van der Waals surface area contributed by atoms with Crippen LogP contribution < -0.4 is 16.6 Å². The number of carboxylic acid groups (broad SMARTS) is 1. The Morgan fingerprint density at radius 2 is 2.05 bits per heavy atom. The largest absolute Gasteiger partial charge is 0.478 e. The fourth-order valence-corrected chi connectivity index (χ4v) is 1.39. The number of hydrogen-bond acceptors (Lipinski definition) is 5. The number of aromatic carboxylic acids is 1. The molecule has 102 valence electrons. The van der Waals surface area contributed by atoms with E-state index in [0.29, 0.717) is 0 Å². The summed E-state index contributed by atoms with van der Waals surface area (Å²) >= 11 is 0. The second-order valence-corrected chi connectivity index (χ2v) is 3.67. The lowest BCUT2D eigenvalue weighted by Gasteiger charge is -2.04. The summed E-state index contributed by atoms with van der Waals surface area (Å²) in [5.74, 6) is -2.03. The van der Waals surface area contributed by atoms with Crippen LogP contribution in [0.2, 0.25) is 0 Å². The zero-order valence-electron chi connectivity index (χ0n) is 9.84. The first kappa shape index (κ1) is 13.2. The summed E-state index contributed by atoms with van der Waals surface area (Å²) in [6.45, 7) is 0. The van der Waals surface area contributed by atoms with Crippen molar-refractivity contribution in [3.63, 3.8) is 0 Å². The molecule has 2 rings (SSSR count). The van der Waals surface area contributed by atoms with E-state index in [1.165, 1.54) is 12.3 Å². The van der Waals surface area contributed by atoms with Gasteiger partial charge in [-0.15, -0.1) is 0 Å². The van der Waals surface area contributed by atoms with Crippen LogP contribution in [0.25, 0.3) is 0 Å². The molecule has 4 N–H and O–H groups in total. The van der Waals surface area contributed by atoms with Crippen LogP contribution in [0.5, 0.6) is 0 Å². The van der Waals surface area contributed by atoms with E-state index in [2.05, 4.69) is 15.3 Å². The number of H-pyrrole nitrogens is 2. The second kappa shape index (κ2) is 5.18. The number of anilines is 1. The fraction of sp³-hybridized carbons (Fsp3) is 0. The molecular weight excluding hydrogens is 268 g/mol. The maximum absolute atomic E-state index is 11.8. The number of rotatable bonds is 3. The zero-order valence-corrected chi connectivity index (χ0v) is 9.84. The molecule has 0 radical (unpaired) electrons. The Hall–Kier alpha value is -3.23. The van der Waals surface area contributed by atoms with E-state index in [-0.39, 0.29) is 16.9 Å². The summed E-state index contributed by atoms with van der Waals surface area (Å²) < 4.78 is 0. The number of amides is 1. The van der Waals surface area contributed by atoms with E-state index >= 15 is 0 Å². The summed E-state index contributed by atoms with van der Waals surface area (Å²) in [4.78, 5) is 52.6. The molecule has 0 fully saturated rings. The molecule has 0 unspecified atom stereocenters. The summed E-state index contributed by atoms with van der Waals surface area (Å²) in [5, 5.41) is 11.1. The van der Waals surface area contributed by atoms with Crippen LogP contribution in [0.1, 0.15) is 20.7 Å². The molecule has 1 amide bonds. The van der Waals surface area contributed by atoms with Gasteiger partial charge in [-0.05, 0) is 12.1 Å². The monoisotopic (exact) mass is 276 g/mol. The highest BCUT2D eigenvalue weighted by Crippen LogP contribution is 2.07. The molecule has 2 aromatic rings. The van der Waals surface area contributed by atoms with Crippen LogP contribution in [-0.2, 0) is 0 Å². The highest BCUT2D eigenvalue weighted by atomic mass is 16.4. The van der Waals surface area contributed by atoms with Crippen LogP contribution >= 0.6 is 0 Å². The van der Waals surface area contributed by atoms with Crippen molar-refractivity contribution in [1.82, 2.24) is 15.0 Å². The van der Waals surface area contributed by atoms with E-state index in [1.807, 2.05) is 4.98 Å². The Kier molecular flexibility index (Phi) is 3.42. The number of carbonyl (C=O) groups excluding carboxylic acids is 1. The molecule has 9 heteroatoms. The highest BCUT2D eigenvalue weighted by Gasteiger charge is 2.12. The van der Waals surface area contributed by atoms with Crippen LogP contribution in [0, 0.1) is 0 Å². The third-order valence-corrected chi connectivity index (χ3v) is 2.31. The van der Waals surface area contributed by atoms with Gasteiger partial charge in [-0.2, -0.15) is 0 Å². The van der Waals surface area contributed by atoms with Crippen LogP contribution in [-0.4, -0.2) is 31.9 Å². The predicted octanol–water partition coefficient (Wildman–Crippen LogP) is -0.591. The van der Waals surface area contributed by atoms with E-state index < -0.39 is 23.1 Å². The van der Waals surface area contributed by atoms with Gasteiger partial charge in [-0.25, -0.2) is 14.6 Å². The SMILES string of the molecule is O=C(O)c1ccnc(NC(=O)c2c[nH]c(=O)[nH]c2=O)c1. The van der Waals surface area contributed by atoms with Gasteiger partial charge in [0.2, 0.25) is 0 Å². The maximum Gasteiger partial charge on any atom is 0.335 e.